The van der Waals surface area contributed by atoms with Gasteiger partial charge in [-0.3, -0.25) is 0 Å². The lowest BCUT2D eigenvalue weighted by Gasteiger charge is -2.26. The Bertz CT molecular complexity index is 411. The van der Waals surface area contributed by atoms with Crippen LogP contribution in [-0.4, -0.2) is 6.54 Å². The fraction of sp³-hybridized carbons (Fsp3) is 0.600. The van der Waals surface area contributed by atoms with Gasteiger partial charge in [0.2, 0.25) is 0 Å². The second-order valence-corrected chi connectivity index (χ2v) is 6.91. The van der Waals surface area contributed by atoms with Crippen LogP contribution in [0, 0.1) is 12.8 Å². The summed E-state index contributed by atoms with van der Waals surface area (Å²) in [4.78, 5) is 0. The molecule has 0 aliphatic heterocycles. The van der Waals surface area contributed by atoms with Gasteiger partial charge in [-0.2, -0.15) is 0 Å². The van der Waals surface area contributed by atoms with Crippen molar-refractivity contribution in [2.75, 3.05) is 6.54 Å². The molecule has 0 heterocycles. The Hall–Kier alpha value is 0.140. The molecule has 0 radical (unpaired) electrons. The Kier molecular flexibility index (Phi) is 5.28. The van der Waals surface area contributed by atoms with Crippen LogP contribution in [-0.2, 0) is 0 Å². The topological polar surface area (TPSA) is 12.0 Å². The first-order chi connectivity index (χ1) is 8.63. The van der Waals surface area contributed by atoms with E-state index in [9.17, 15) is 0 Å². The molecular weight excluding hydrogens is 354 g/mol. The molecule has 1 N–H and O–H groups in total. The zero-order chi connectivity index (χ0) is 13.1. The van der Waals surface area contributed by atoms with E-state index in [2.05, 4.69) is 63.2 Å². The van der Waals surface area contributed by atoms with E-state index >= 15 is 0 Å². The Morgan fingerprint density at radius 2 is 1.89 bits per heavy atom. The van der Waals surface area contributed by atoms with Gasteiger partial charge in [0.15, 0.2) is 0 Å². The predicted octanol–water partition coefficient (Wildman–Crippen LogP) is 5.36. The highest BCUT2D eigenvalue weighted by Gasteiger charge is 2.27. The maximum absolute atomic E-state index is 3.74. The molecule has 1 aliphatic rings. The number of rotatable bonds is 4. The summed E-state index contributed by atoms with van der Waals surface area (Å²) in [6.07, 6.45) is 5.49. The highest BCUT2D eigenvalue weighted by molar-refractivity contribution is 9.11. The fourth-order valence-corrected chi connectivity index (χ4v) is 4.01. The molecule has 1 fully saturated rings. The fourth-order valence-electron chi connectivity index (χ4n) is 2.94. The molecule has 1 aromatic carbocycles. The van der Waals surface area contributed by atoms with Crippen molar-refractivity contribution in [3.8, 4) is 0 Å². The first-order valence-corrected chi connectivity index (χ1v) is 8.41. The molecule has 1 aliphatic carbocycles. The third kappa shape index (κ3) is 3.17. The Balaban J connectivity index is 2.32. The Morgan fingerprint density at radius 3 is 2.50 bits per heavy atom. The largest absolute Gasteiger partial charge is 0.310 e. The van der Waals surface area contributed by atoms with Crippen LogP contribution >= 0.6 is 31.9 Å². The van der Waals surface area contributed by atoms with Gasteiger partial charge in [-0.15, -0.1) is 0 Å². The SMILES string of the molecule is CCNC(c1cc(Br)c(C)cc1Br)C1CCCC1. The molecule has 3 heteroatoms. The summed E-state index contributed by atoms with van der Waals surface area (Å²) in [6.45, 7) is 5.36. The summed E-state index contributed by atoms with van der Waals surface area (Å²) >= 11 is 7.40. The van der Waals surface area contributed by atoms with Crippen molar-refractivity contribution in [2.45, 2.75) is 45.6 Å². The maximum Gasteiger partial charge on any atom is 0.0360 e. The van der Waals surface area contributed by atoms with Gasteiger partial charge in [0.25, 0.3) is 0 Å². The van der Waals surface area contributed by atoms with Crippen molar-refractivity contribution in [3.63, 3.8) is 0 Å². The summed E-state index contributed by atoms with van der Waals surface area (Å²) in [7, 11) is 0. The molecule has 0 bridgehead atoms. The highest BCUT2D eigenvalue weighted by Crippen LogP contribution is 2.39. The van der Waals surface area contributed by atoms with Gasteiger partial charge in [-0.1, -0.05) is 51.6 Å². The standard InChI is InChI=1S/C15H21Br2N/c1-3-18-15(11-6-4-5-7-11)12-9-13(16)10(2)8-14(12)17/h8-9,11,15,18H,3-7H2,1-2H3. The van der Waals surface area contributed by atoms with Crippen LogP contribution < -0.4 is 5.32 Å². The van der Waals surface area contributed by atoms with Gasteiger partial charge in [0.1, 0.15) is 0 Å². The zero-order valence-electron chi connectivity index (χ0n) is 11.1. The van der Waals surface area contributed by atoms with Crippen LogP contribution in [0.1, 0.15) is 49.8 Å². The minimum Gasteiger partial charge on any atom is -0.310 e. The first kappa shape index (κ1) is 14.5. The second-order valence-electron chi connectivity index (χ2n) is 5.20. The molecule has 1 aromatic rings. The Morgan fingerprint density at radius 1 is 1.22 bits per heavy atom. The van der Waals surface area contributed by atoms with Gasteiger partial charge < -0.3 is 5.32 Å². The van der Waals surface area contributed by atoms with Gasteiger partial charge >= 0.3 is 0 Å². The van der Waals surface area contributed by atoms with Crippen LogP contribution in [0.2, 0.25) is 0 Å². The second kappa shape index (κ2) is 6.53. The molecule has 2 rings (SSSR count). The van der Waals surface area contributed by atoms with Gasteiger partial charge in [-0.05, 0) is 55.5 Å². The summed E-state index contributed by atoms with van der Waals surface area (Å²) in [6, 6.07) is 4.99. The van der Waals surface area contributed by atoms with Crippen molar-refractivity contribution in [1.29, 1.82) is 0 Å². The van der Waals surface area contributed by atoms with Gasteiger partial charge in [0, 0.05) is 15.0 Å². The van der Waals surface area contributed by atoms with Gasteiger partial charge in [0.05, 0.1) is 0 Å². The van der Waals surface area contributed by atoms with Crippen molar-refractivity contribution in [2.24, 2.45) is 5.92 Å². The van der Waals surface area contributed by atoms with Crippen LogP contribution in [0.5, 0.6) is 0 Å². The number of aryl methyl sites for hydroxylation is 1. The summed E-state index contributed by atoms with van der Waals surface area (Å²) < 4.78 is 2.45. The monoisotopic (exact) mass is 373 g/mol. The molecule has 0 spiro atoms. The van der Waals surface area contributed by atoms with E-state index in [1.165, 1.54) is 45.8 Å². The normalized spacial score (nSPS) is 18.2. The van der Waals surface area contributed by atoms with Crippen LogP contribution in [0.25, 0.3) is 0 Å². The summed E-state index contributed by atoms with van der Waals surface area (Å²) in [5.41, 5.74) is 2.69. The van der Waals surface area contributed by atoms with Gasteiger partial charge in [-0.25, -0.2) is 0 Å². The molecule has 0 amide bonds. The van der Waals surface area contributed by atoms with Crippen LogP contribution in [0.15, 0.2) is 21.1 Å². The van der Waals surface area contributed by atoms with E-state index in [4.69, 9.17) is 0 Å². The van der Waals surface area contributed by atoms with E-state index in [1.807, 2.05) is 0 Å². The third-order valence-electron chi connectivity index (χ3n) is 3.91. The molecule has 0 aromatic heterocycles. The number of halogens is 2. The molecule has 0 saturated heterocycles. The van der Waals surface area contributed by atoms with Crippen LogP contribution in [0.4, 0.5) is 0 Å². The van der Waals surface area contributed by atoms with Crippen molar-refractivity contribution < 1.29 is 0 Å². The molecule has 1 atom stereocenters. The number of nitrogens with one attached hydrogen (secondary N) is 1. The molecule has 1 nitrogen and oxygen atoms in total. The zero-order valence-corrected chi connectivity index (χ0v) is 14.3. The average molecular weight is 375 g/mol. The number of hydrogen-bond acceptors (Lipinski definition) is 1. The minimum absolute atomic E-state index is 0.490. The van der Waals surface area contributed by atoms with Crippen molar-refractivity contribution >= 4 is 31.9 Å². The minimum atomic E-state index is 0.490. The lowest BCUT2D eigenvalue weighted by Crippen LogP contribution is -2.27. The van der Waals surface area contributed by atoms with Crippen molar-refractivity contribution in [1.82, 2.24) is 5.32 Å². The molecule has 1 unspecified atom stereocenters. The van der Waals surface area contributed by atoms with E-state index in [0.29, 0.717) is 6.04 Å². The van der Waals surface area contributed by atoms with Crippen molar-refractivity contribution in [3.05, 3.63) is 32.2 Å². The van der Waals surface area contributed by atoms with E-state index < -0.39 is 0 Å². The lowest BCUT2D eigenvalue weighted by atomic mass is 9.91. The summed E-state index contributed by atoms with van der Waals surface area (Å²) in [5, 5.41) is 3.68. The molecule has 1 saturated carbocycles. The third-order valence-corrected chi connectivity index (χ3v) is 5.45. The predicted molar refractivity (Wildman–Crippen MR) is 85.0 cm³/mol. The highest BCUT2D eigenvalue weighted by atomic mass is 79.9. The molecular formula is C15H21Br2N. The maximum atomic E-state index is 3.74. The number of hydrogen-bond donors (Lipinski definition) is 1. The van der Waals surface area contributed by atoms with E-state index in [1.54, 1.807) is 0 Å². The average Bonchev–Trinajstić information content (AvgIpc) is 2.85. The summed E-state index contributed by atoms with van der Waals surface area (Å²) in [5.74, 6) is 0.788. The smallest absolute Gasteiger partial charge is 0.0360 e. The Labute approximate surface area is 127 Å². The quantitative estimate of drug-likeness (QED) is 0.747. The van der Waals surface area contributed by atoms with E-state index in [-0.39, 0.29) is 0 Å². The first-order valence-electron chi connectivity index (χ1n) is 6.82. The van der Waals surface area contributed by atoms with E-state index in [0.717, 1.165) is 12.5 Å². The molecule has 18 heavy (non-hydrogen) atoms. The molecule has 100 valence electrons. The lowest BCUT2D eigenvalue weighted by molar-refractivity contribution is 0.373. The number of benzene rings is 1. The van der Waals surface area contributed by atoms with Crippen LogP contribution in [0.3, 0.4) is 0 Å².